The second-order valence-electron chi connectivity index (χ2n) is 2.81. The first-order valence-electron chi connectivity index (χ1n) is 4.04. The van der Waals surface area contributed by atoms with Crippen LogP contribution in [0.3, 0.4) is 0 Å². The van der Waals surface area contributed by atoms with Gasteiger partial charge >= 0.3 is 12.6 Å². The fraction of sp³-hybridized carbons (Fsp3) is 0.222. The number of carboxylic acids is 1. The maximum Gasteiger partial charge on any atom is 0.387 e. The first-order chi connectivity index (χ1) is 7.40. The van der Waals surface area contributed by atoms with Crippen molar-refractivity contribution in [3.05, 3.63) is 27.7 Å². The van der Waals surface area contributed by atoms with Gasteiger partial charge in [0, 0.05) is 15.6 Å². The van der Waals surface area contributed by atoms with Crippen molar-refractivity contribution >= 4 is 29.2 Å². The summed E-state index contributed by atoms with van der Waals surface area (Å²) in [5.41, 5.74) is 0.164. The minimum atomic E-state index is -2.99. The topological polar surface area (TPSA) is 46.5 Å². The molecule has 3 nitrogen and oxygen atoms in total. The molecule has 0 amide bonds. The van der Waals surface area contributed by atoms with E-state index in [9.17, 15) is 13.6 Å². The molecule has 7 heteroatoms. The molecule has 0 radical (unpaired) electrons. The Morgan fingerprint density at radius 2 is 1.88 bits per heavy atom. The number of hydrogen-bond donors (Lipinski definition) is 1. The second-order valence-corrected chi connectivity index (χ2v) is 3.63. The Kier molecular flexibility index (Phi) is 4.32. The second kappa shape index (κ2) is 5.32. The fourth-order valence-corrected chi connectivity index (χ4v) is 1.67. The predicted octanol–water partition coefficient (Wildman–Crippen LogP) is 3.22. The number of alkyl halides is 2. The molecule has 1 aromatic rings. The number of carboxylic acid groups (broad SMARTS) is 1. The minimum absolute atomic E-state index is 0.0226. The van der Waals surface area contributed by atoms with Crippen LogP contribution in [0.5, 0.6) is 5.75 Å². The SMILES string of the molecule is O=C(O)Cc1c(Cl)cc(OC(F)F)cc1Cl. The van der Waals surface area contributed by atoms with Crippen molar-refractivity contribution in [1.29, 1.82) is 0 Å². The van der Waals surface area contributed by atoms with Gasteiger partial charge < -0.3 is 9.84 Å². The third kappa shape index (κ3) is 3.50. The van der Waals surface area contributed by atoms with Crippen molar-refractivity contribution in [1.82, 2.24) is 0 Å². The first kappa shape index (κ1) is 13.0. The van der Waals surface area contributed by atoms with Crippen LogP contribution in [0.25, 0.3) is 0 Å². The number of benzene rings is 1. The van der Waals surface area contributed by atoms with Gasteiger partial charge in [-0.1, -0.05) is 23.2 Å². The van der Waals surface area contributed by atoms with E-state index >= 15 is 0 Å². The van der Waals surface area contributed by atoms with E-state index in [1.54, 1.807) is 0 Å². The Hall–Kier alpha value is -1.07. The molecule has 0 spiro atoms. The van der Waals surface area contributed by atoms with Crippen molar-refractivity contribution in [3.8, 4) is 5.75 Å². The lowest BCUT2D eigenvalue weighted by Crippen LogP contribution is -2.04. The Balaban J connectivity index is 3.02. The highest BCUT2D eigenvalue weighted by Crippen LogP contribution is 2.31. The molecule has 0 aromatic heterocycles. The van der Waals surface area contributed by atoms with Gasteiger partial charge in [-0.3, -0.25) is 4.79 Å². The number of rotatable bonds is 4. The third-order valence-electron chi connectivity index (χ3n) is 1.67. The zero-order chi connectivity index (χ0) is 12.3. The lowest BCUT2D eigenvalue weighted by Gasteiger charge is -2.09. The molecule has 0 fully saturated rings. The van der Waals surface area contributed by atoms with E-state index in [4.69, 9.17) is 28.3 Å². The molecule has 1 aromatic carbocycles. The molecule has 1 rings (SSSR count). The van der Waals surface area contributed by atoms with Crippen LogP contribution in [-0.2, 0) is 11.2 Å². The molecule has 0 aliphatic carbocycles. The van der Waals surface area contributed by atoms with Gasteiger partial charge in [0.05, 0.1) is 6.42 Å². The Morgan fingerprint density at radius 1 is 1.38 bits per heavy atom. The standard InChI is InChI=1S/C9H6Cl2F2O3/c10-6-1-4(16-9(12)13)2-7(11)5(6)3-8(14)15/h1-2,9H,3H2,(H,14,15). The minimum Gasteiger partial charge on any atom is -0.481 e. The molecule has 0 heterocycles. The van der Waals surface area contributed by atoms with Crippen LogP contribution in [0.15, 0.2) is 12.1 Å². The van der Waals surface area contributed by atoms with Crippen molar-refractivity contribution in [2.45, 2.75) is 13.0 Å². The van der Waals surface area contributed by atoms with Crippen LogP contribution in [-0.4, -0.2) is 17.7 Å². The summed E-state index contributed by atoms with van der Waals surface area (Å²) in [5, 5.41) is 8.52. The maximum atomic E-state index is 11.9. The summed E-state index contributed by atoms with van der Waals surface area (Å²) in [6.07, 6.45) is -0.382. The van der Waals surface area contributed by atoms with Crippen molar-refractivity contribution in [2.24, 2.45) is 0 Å². The van der Waals surface area contributed by atoms with Crippen LogP contribution in [0, 0.1) is 0 Å². The molecule has 0 unspecified atom stereocenters. The van der Waals surface area contributed by atoms with Crippen LogP contribution in [0.2, 0.25) is 10.0 Å². The molecule has 0 saturated heterocycles. The van der Waals surface area contributed by atoms with Gasteiger partial charge in [-0.25, -0.2) is 0 Å². The highest BCUT2D eigenvalue weighted by atomic mass is 35.5. The highest BCUT2D eigenvalue weighted by molar-refractivity contribution is 6.36. The molecule has 0 saturated carbocycles. The Bertz CT molecular complexity index is 387. The Morgan fingerprint density at radius 3 is 2.25 bits per heavy atom. The number of aliphatic carboxylic acids is 1. The van der Waals surface area contributed by atoms with E-state index in [0.717, 1.165) is 12.1 Å². The number of hydrogen-bond acceptors (Lipinski definition) is 2. The average Bonchev–Trinajstić information content (AvgIpc) is 2.10. The smallest absolute Gasteiger partial charge is 0.387 e. The van der Waals surface area contributed by atoms with Crippen LogP contribution >= 0.6 is 23.2 Å². The summed E-state index contributed by atoms with van der Waals surface area (Å²) in [6, 6.07) is 2.19. The maximum absolute atomic E-state index is 11.9. The van der Waals surface area contributed by atoms with Crippen LogP contribution in [0.1, 0.15) is 5.56 Å². The lowest BCUT2D eigenvalue weighted by atomic mass is 10.1. The first-order valence-corrected chi connectivity index (χ1v) is 4.80. The van der Waals surface area contributed by atoms with Gasteiger partial charge in [-0.15, -0.1) is 0 Å². The lowest BCUT2D eigenvalue weighted by molar-refractivity contribution is -0.136. The third-order valence-corrected chi connectivity index (χ3v) is 2.34. The number of halogens is 4. The Labute approximate surface area is 99.5 Å². The summed E-state index contributed by atoms with van der Waals surface area (Å²) in [5.74, 6) is -1.33. The normalized spacial score (nSPS) is 10.6. The van der Waals surface area contributed by atoms with E-state index in [1.807, 2.05) is 0 Å². The number of ether oxygens (including phenoxy) is 1. The molecule has 0 atom stereocenters. The molecule has 1 N–H and O–H groups in total. The van der Waals surface area contributed by atoms with Crippen molar-refractivity contribution in [3.63, 3.8) is 0 Å². The highest BCUT2D eigenvalue weighted by Gasteiger charge is 2.14. The largest absolute Gasteiger partial charge is 0.481 e. The van der Waals surface area contributed by atoms with Gasteiger partial charge in [-0.2, -0.15) is 8.78 Å². The molecule has 0 aliphatic rings. The summed E-state index contributed by atoms with van der Waals surface area (Å²) in [6.45, 7) is -2.99. The van der Waals surface area contributed by atoms with Crippen LogP contribution in [0.4, 0.5) is 8.78 Å². The zero-order valence-corrected chi connectivity index (χ0v) is 9.23. The van der Waals surface area contributed by atoms with E-state index in [1.165, 1.54) is 0 Å². The summed E-state index contributed by atoms with van der Waals surface area (Å²) < 4.78 is 27.9. The van der Waals surface area contributed by atoms with Crippen molar-refractivity contribution < 1.29 is 23.4 Å². The van der Waals surface area contributed by atoms with E-state index in [0.29, 0.717) is 0 Å². The monoisotopic (exact) mass is 270 g/mol. The fourth-order valence-electron chi connectivity index (χ4n) is 1.07. The molecule has 16 heavy (non-hydrogen) atoms. The van der Waals surface area contributed by atoms with Gasteiger partial charge in [0.2, 0.25) is 0 Å². The molecular formula is C9H6Cl2F2O3. The molecule has 88 valence electrons. The molecule has 0 bridgehead atoms. The van der Waals surface area contributed by atoms with Crippen molar-refractivity contribution in [2.75, 3.05) is 0 Å². The van der Waals surface area contributed by atoms with Crippen LogP contribution < -0.4 is 4.74 Å². The van der Waals surface area contributed by atoms with Gasteiger partial charge in [0.1, 0.15) is 5.75 Å². The summed E-state index contributed by atoms with van der Waals surface area (Å²) in [4.78, 5) is 10.5. The van der Waals surface area contributed by atoms with E-state index < -0.39 is 12.6 Å². The quantitative estimate of drug-likeness (QED) is 0.914. The van der Waals surface area contributed by atoms with Gasteiger partial charge in [0.15, 0.2) is 0 Å². The van der Waals surface area contributed by atoms with E-state index in [2.05, 4.69) is 4.74 Å². The van der Waals surface area contributed by atoms with E-state index in [-0.39, 0.29) is 27.8 Å². The molecular weight excluding hydrogens is 265 g/mol. The average molecular weight is 271 g/mol. The predicted molar refractivity (Wildman–Crippen MR) is 54.4 cm³/mol. The summed E-state index contributed by atoms with van der Waals surface area (Å²) in [7, 11) is 0. The van der Waals surface area contributed by atoms with Gasteiger partial charge in [0.25, 0.3) is 0 Å². The van der Waals surface area contributed by atoms with Gasteiger partial charge in [-0.05, 0) is 12.1 Å². The number of carbonyl (C=O) groups is 1. The zero-order valence-electron chi connectivity index (χ0n) is 7.71. The molecule has 0 aliphatic heterocycles. The summed E-state index contributed by atoms with van der Waals surface area (Å²) >= 11 is 11.4.